The van der Waals surface area contributed by atoms with Crippen LogP contribution < -0.4 is 9.80 Å². The Hall–Kier alpha value is -4.18. The first-order valence-electron chi connectivity index (χ1n) is 11.7. The van der Waals surface area contributed by atoms with Crippen LogP contribution in [0.5, 0.6) is 0 Å². The van der Waals surface area contributed by atoms with E-state index in [-0.39, 0.29) is 17.5 Å². The molecule has 37 heavy (non-hydrogen) atoms. The monoisotopic (exact) mass is 518 g/mol. The van der Waals surface area contributed by atoms with Crippen molar-refractivity contribution in [3.8, 4) is 0 Å². The van der Waals surface area contributed by atoms with Crippen molar-refractivity contribution in [2.45, 2.75) is 4.90 Å². The third kappa shape index (κ3) is 4.92. The van der Waals surface area contributed by atoms with E-state index in [0.29, 0.717) is 47.9 Å². The predicted molar refractivity (Wildman–Crippen MR) is 141 cm³/mol. The third-order valence-corrected chi connectivity index (χ3v) is 7.56. The number of halogens is 1. The highest BCUT2D eigenvalue weighted by molar-refractivity contribution is 8.04. The number of likely N-dealkylation sites (N-methyl/N-ethyl adjacent to an activating group) is 1. The average Bonchev–Trinajstić information content (AvgIpc) is 2.92. The summed E-state index contributed by atoms with van der Waals surface area (Å²) in [5.74, 6) is -0.779. The van der Waals surface area contributed by atoms with Crippen LogP contribution in [-0.4, -0.2) is 54.9 Å². The molecule has 2 aliphatic rings. The van der Waals surface area contributed by atoms with Crippen LogP contribution in [0.2, 0.25) is 0 Å². The minimum absolute atomic E-state index is 0.0430. The quantitative estimate of drug-likeness (QED) is 0.280. The molecule has 2 amide bonds. The van der Waals surface area contributed by atoms with Crippen LogP contribution in [0, 0.1) is 15.9 Å². The van der Waals surface area contributed by atoms with Crippen molar-refractivity contribution in [3.63, 3.8) is 0 Å². The lowest BCUT2D eigenvalue weighted by atomic mass is 10.1. The molecule has 2 aliphatic heterocycles. The van der Waals surface area contributed by atoms with Gasteiger partial charge >= 0.3 is 0 Å². The van der Waals surface area contributed by atoms with Crippen LogP contribution in [-0.2, 0) is 4.79 Å². The van der Waals surface area contributed by atoms with Gasteiger partial charge in [0, 0.05) is 67.1 Å². The van der Waals surface area contributed by atoms with E-state index in [4.69, 9.17) is 0 Å². The normalized spacial score (nSPS) is 16.6. The highest BCUT2D eigenvalue weighted by Crippen LogP contribution is 2.42. The Bertz CT molecular complexity index is 1420. The second kappa shape index (κ2) is 10.1. The zero-order chi connectivity index (χ0) is 26.1. The highest BCUT2D eigenvalue weighted by atomic mass is 32.2. The fourth-order valence-corrected chi connectivity index (χ4v) is 5.48. The minimum Gasteiger partial charge on any atom is -0.368 e. The van der Waals surface area contributed by atoms with E-state index in [2.05, 4.69) is 4.90 Å². The SMILES string of the molecule is CN1C(=O)C(=Cc2ccccc2F)Sc2ccc(C(=O)N3CCN(c4ccc([N+](=O)[O-])cc4)CC3)cc21. The van der Waals surface area contributed by atoms with E-state index in [1.165, 1.54) is 34.9 Å². The second-order valence-corrected chi connectivity index (χ2v) is 9.82. The number of fused-ring (bicyclic) bond motifs is 1. The summed E-state index contributed by atoms with van der Waals surface area (Å²) >= 11 is 1.26. The summed E-state index contributed by atoms with van der Waals surface area (Å²) in [7, 11) is 1.65. The molecule has 0 aromatic heterocycles. The first-order valence-corrected chi connectivity index (χ1v) is 12.5. The largest absolute Gasteiger partial charge is 0.368 e. The maximum Gasteiger partial charge on any atom is 0.269 e. The minimum atomic E-state index is -0.428. The zero-order valence-corrected chi connectivity index (χ0v) is 20.8. The molecule has 0 saturated carbocycles. The molecule has 3 aromatic rings. The number of carbonyl (C=O) groups excluding carboxylic acids is 2. The summed E-state index contributed by atoms with van der Waals surface area (Å²) in [4.78, 5) is 43.3. The number of nitro groups is 1. The lowest BCUT2D eigenvalue weighted by Crippen LogP contribution is -2.48. The zero-order valence-electron chi connectivity index (χ0n) is 20.0. The molecule has 10 heteroatoms. The Balaban J connectivity index is 1.28. The van der Waals surface area contributed by atoms with E-state index in [0.717, 1.165) is 10.6 Å². The smallest absolute Gasteiger partial charge is 0.269 e. The number of nitro benzene ring substituents is 1. The Kier molecular flexibility index (Phi) is 6.66. The summed E-state index contributed by atoms with van der Waals surface area (Å²) in [6.07, 6.45) is 1.55. The van der Waals surface area contributed by atoms with Gasteiger partial charge in [-0.3, -0.25) is 19.7 Å². The van der Waals surface area contributed by atoms with Gasteiger partial charge in [0.2, 0.25) is 0 Å². The molecule has 0 atom stereocenters. The van der Waals surface area contributed by atoms with Crippen molar-refractivity contribution >= 4 is 46.7 Å². The summed E-state index contributed by atoms with van der Waals surface area (Å²) in [6.45, 7) is 2.22. The molecule has 3 aromatic carbocycles. The van der Waals surface area contributed by atoms with E-state index in [1.54, 1.807) is 60.5 Å². The molecule has 188 valence electrons. The molecule has 1 saturated heterocycles. The van der Waals surface area contributed by atoms with Crippen molar-refractivity contribution in [1.82, 2.24) is 4.90 Å². The summed E-state index contributed by atoms with van der Waals surface area (Å²) in [6, 6.07) is 18.0. The molecular weight excluding hydrogens is 495 g/mol. The number of benzene rings is 3. The highest BCUT2D eigenvalue weighted by Gasteiger charge is 2.29. The first-order chi connectivity index (χ1) is 17.8. The number of hydrogen-bond donors (Lipinski definition) is 0. The summed E-state index contributed by atoms with van der Waals surface area (Å²) in [5.41, 5.74) is 2.39. The van der Waals surface area contributed by atoms with Crippen LogP contribution in [0.15, 0.2) is 76.5 Å². The molecule has 0 bridgehead atoms. The molecule has 2 heterocycles. The standard InChI is InChI=1S/C27H23FN4O4S/c1-29-23-16-19(6-11-24(23)37-25(27(29)34)17-18-4-2-3-5-22(18)28)26(33)31-14-12-30(13-15-31)20-7-9-21(10-8-20)32(35)36/h2-11,16-17H,12-15H2,1H3. The van der Waals surface area contributed by atoms with Gasteiger partial charge in [0.25, 0.3) is 17.5 Å². The van der Waals surface area contributed by atoms with E-state index in [9.17, 15) is 24.1 Å². The van der Waals surface area contributed by atoms with Crippen molar-refractivity contribution in [2.75, 3.05) is 43.0 Å². The number of thioether (sulfide) groups is 1. The number of piperazine rings is 1. The molecule has 5 rings (SSSR count). The van der Waals surface area contributed by atoms with Crippen molar-refractivity contribution < 1.29 is 18.9 Å². The van der Waals surface area contributed by atoms with E-state index in [1.807, 2.05) is 6.07 Å². The number of nitrogens with zero attached hydrogens (tertiary/aromatic N) is 4. The van der Waals surface area contributed by atoms with Gasteiger partial charge < -0.3 is 14.7 Å². The molecule has 0 radical (unpaired) electrons. The second-order valence-electron chi connectivity index (χ2n) is 8.73. The third-order valence-electron chi connectivity index (χ3n) is 6.49. The fraction of sp³-hybridized carbons (Fsp3) is 0.185. The van der Waals surface area contributed by atoms with Gasteiger partial charge in [-0.15, -0.1) is 0 Å². The Morgan fingerprint density at radius 2 is 1.73 bits per heavy atom. The van der Waals surface area contributed by atoms with Gasteiger partial charge in [0.05, 0.1) is 15.5 Å². The number of non-ortho nitro benzene ring substituents is 1. The Morgan fingerprint density at radius 3 is 2.41 bits per heavy atom. The topological polar surface area (TPSA) is 87.0 Å². The van der Waals surface area contributed by atoms with Crippen LogP contribution in [0.1, 0.15) is 15.9 Å². The fourth-order valence-electron chi connectivity index (χ4n) is 4.40. The molecule has 0 unspecified atom stereocenters. The average molecular weight is 519 g/mol. The van der Waals surface area contributed by atoms with Crippen molar-refractivity contribution in [3.05, 3.63) is 98.7 Å². The number of amides is 2. The maximum atomic E-state index is 14.1. The summed E-state index contributed by atoms with van der Waals surface area (Å²) < 4.78 is 14.1. The van der Waals surface area contributed by atoms with E-state index >= 15 is 0 Å². The summed E-state index contributed by atoms with van der Waals surface area (Å²) in [5, 5.41) is 10.9. The van der Waals surface area contributed by atoms with Crippen LogP contribution in [0.25, 0.3) is 6.08 Å². The predicted octanol–water partition coefficient (Wildman–Crippen LogP) is 4.81. The molecule has 0 spiro atoms. The number of anilines is 2. The van der Waals surface area contributed by atoms with Gasteiger partial charge in [-0.05, 0) is 42.5 Å². The Labute approximate surface area is 217 Å². The number of hydrogen-bond acceptors (Lipinski definition) is 6. The van der Waals surface area contributed by atoms with Crippen LogP contribution >= 0.6 is 11.8 Å². The van der Waals surface area contributed by atoms with Gasteiger partial charge in [0.15, 0.2) is 0 Å². The molecule has 8 nitrogen and oxygen atoms in total. The lowest BCUT2D eigenvalue weighted by molar-refractivity contribution is -0.384. The first kappa shape index (κ1) is 24.5. The number of rotatable bonds is 4. The lowest BCUT2D eigenvalue weighted by Gasteiger charge is -2.36. The van der Waals surface area contributed by atoms with Gasteiger partial charge in [-0.1, -0.05) is 30.0 Å². The maximum absolute atomic E-state index is 14.1. The van der Waals surface area contributed by atoms with Gasteiger partial charge in [-0.2, -0.15) is 0 Å². The van der Waals surface area contributed by atoms with E-state index < -0.39 is 10.7 Å². The van der Waals surface area contributed by atoms with Crippen LogP contribution in [0.3, 0.4) is 0 Å². The Morgan fingerprint density at radius 1 is 1.03 bits per heavy atom. The molecule has 1 fully saturated rings. The van der Waals surface area contributed by atoms with Crippen LogP contribution in [0.4, 0.5) is 21.5 Å². The molecule has 0 N–H and O–H groups in total. The van der Waals surface area contributed by atoms with Crippen molar-refractivity contribution in [1.29, 1.82) is 0 Å². The molecule has 0 aliphatic carbocycles. The van der Waals surface area contributed by atoms with Gasteiger partial charge in [0.1, 0.15) is 5.82 Å². The van der Waals surface area contributed by atoms with Gasteiger partial charge in [-0.25, -0.2) is 4.39 Å². The van der Waals surface area contributed by atoms with Crippen molar-refractivity contribution in [2.24, 2.45) is 0 Å². The molecular formula is C27H23FN4O4S. The number of carbonyl (C=O) groups is 2.